The van der Waals surface area contributed by atoms with Crippen LogP contribution in [-0.2, 0) is 9.53 Å². The molecule has 0 fully saturated rings. The van der Waals surface area contributed by atoms with Gasteiger partial charge in [-0.2, -0.15) is 0 Å². The van der Waals surface area contributed by atoms with E-state index < -0.39 is 0 Å². The predicted octanol–water partition coefficient (Wildman–Crippen LogP) is 2.57. The minimum absolute atomic E-state index is 0.251. The molecule has 1 aromatic rings. The van der Waals surface area contributed by atoms with Crippen molar-refractivity contribution in [2.24, 2.45) is 0 Å². The Balaban J connectivity index is 2.80. The van der Waals surface area contributed by atoms with Crippen molar-refractivity contribution in [1.82, 2.24) is 0 Å². The number of aryl methyl sites for hydroxylation is 1. The smallest absolute Gasteiger partial charge is 0.309 e. The Morgan fingerprint density at radius 3 is 2.64 bits per heavy atom. The molecule has 0 saturated carbocycles. The van der Waals surface area contributed by atoms with Crippen LogP contribution in [0.15, 0.2) is 30.8 Å². The fourth-order valence-corrected chi connectivity index (χ4v) is 1.31. The van der Waals surface area contributed by atoms with E-state index in [1.165, 1.54) is 7.11 Å². The maximum atomic E-state index is 11.0. The molecule has 0 heterocycles. The van der Waals surface area contributed by atoms with Crippen LogP contribution in [0.1, 0.15) is 17.5 Å². The fourth-order valence-electron chi connectivity index (χ4n) is 1.31. The van der Waals surface area contributed by atoms with Crippen LogP contribution >= 0.6 is 0 Å². The zero-order valence-corrected chi connectivity index (χ0v) is 8.54. The van der Waals surface area contributed by atoms with Gasteiger partial charge < -0.3 is 4.74 Å². The molecule has 0 amide bonds. The molecule has 0 saturated heterocycles. The van der Waals surface area contributed by atoms with E-state index in [1.54, 1.807) is 0 Å². The average molecular weight is 190 g/mol. The Morgan fingerprint density at radius 2 is 2.07 bits per heavy atom. The summed E-state index contributed by atoms with van der Waals surface area (Å²) in [7, 11) is 1.38. The van der Waals surface area contributed by atoms with Gasteiger partial charge in [0.15, 0.2) is 0 Å². The second kappa shape index (κ2) is 4.61. The lowest BCUT2D eigenvalue weighted by atomic mass is 10.00. The Kier molecular flexibility index (Phi) is 3.46. The van der Waals surface area contributed by atoms with Crippen LogP contribution in [0.4, 0.5) is 0 Å². The normalized spacial score (nSPS) is 9.57. The average Bonchev–Trinajstić information content (AvgIpc) is 2.18. The molecule has 2 nitrogen and oxygen atoms in total. The molecule has 14 heavy (non-hydrogen) atoms. The molecule has 1 aromatic carbocycles. The van der Waals surface area contributed by atoms with Crippen LogP contribution in [0.3, 0.4) is 0 Å². The molecule has 0 N–H and O–H groups in total. The number of carbonyl (C=O) groups is 1. The third-order valence-electron chi connectivity index (χ3n) is 2.11. The second-order valence-electron chi connectivity index (χ2n) is 3.17. The van der Waals surface area contributed by atoms with E-state index in [-0.39, 0.29) is 12.4 Å². The van der Waals surface area contributed by atoms with Crippen molar-refractivity contribution >= 4 is 11.5 Å². The van der Waals surface area contributed by atoms with E-state index in [4.69, 9.17) is 0 Å². The molecule has 0 spiro atoms. The van der Waals surface area contributed by atoms with Crippen LogP contribution in [0, 0.1) is 6.92 Å². The maximum Gasteiger partial charge on any atom is 0.309 e. The molecule has 0 aromatic heterocycles. The molecular weight excluding hydrogens is 176 g/mol. The first-order valence-corrected chi connectivity index (χ1v) is 4.45. The SMILES string of the molecule is C=C(CC(=O)OC)c1ccccc1C. The van der Waals surface area contributed by atoms with Gasteiger partial charge in [-0.05, 0) is 23.6 Å². The Morgan fingerprint density at radius 1 is 1.43 bits per heavy atom. The Hall–Kier alpha value is -1.57. The number of ether oxygens (including phenoxy) is 1. The van der Waals surface area contributed by atoms with E-state index in [2.05, 4.69) is 11.3 Å². The van der Waals surface area contributed by atoms with E-state index in [1.807, 2.05) is 31.2 Å². The molecule has 0 aliphatic carbocycles. The minimum Gasteiger partial charge on any atom is -0.469 e. The van der Waals surface area contributed by atoms with Crippen LogP contribution in [0.5, 0.6) is 0 Å². The maximum absolute atomic E-state index is 11.0. The summed E-state index contributed by atoms with van der Waals surface area (Å²) in [5.74, 6) is -0.252. The first-order chi connectivity index (χ1) is 6.65. The largest absolute Gasteiger partial charge is 0.469 e. The highest BCUT2D eigenvalue weighted by atomic mass is 16.5. The van der Waals surface area contributed by atoms with Gasteiger partial charge in [-0.25, -0.2) is 0 Å². The van der Waals surface area contributed by atoms with Crippen LogP contribution in [-0.4, -0.2) is 13.1 Å². The van der Waals surface area contributed by atoms with Gasteiger partial charge in [0.25, 0.3) is 0 Å². The highest BCUT2D eigenvalue weighted by molar-refractivity contribution is 5.84. The zero-order valence-electron chi connectivity index (χ0n) is 8.54. The molecule has 1 rings (SSSR count). The van der Waals surface area contributed by atoms with Crippen molar-refractivity contribution in [2.75, 3.05) is 7.11 Å². The lowest BCUT2D eigenvalue weighted by molar-refractivity contribution is -0.139. The van der Waals surface area contributed by atoms with E-state index in [0.29, 0.717) is 0 Å². The van der Waals surface area contributed by atoms with Crippen molar-refractivity contribution in [3.8, 4) is 0 Å². The fraction of sp³-hybridized carbons (Fsp3) is 0.250. The lowest BCUT2D eigenvalue weighted by Crippen LogP contribution is -2.01. The summed E-state index contributed by atoms with van der Waals surface area (Å²) in [6.07, 6.45) is 0.251. The first-order valence-electron chi connectivity index (χ1n) is 4.45. The van der Waals surface area contributed by atoms with Gasteiger partial charge in [0.05, 0.1) is 13.5 Å². The van der Waals surface area contributed by atoms with Crippen LogP contribution in [0.25, 0.3) is 5.57 Å². The standard InChI is InChI=1S/C12H14O2/c1-9-6-4-5-7-11(9)10(2)8-12(13)14-3/h4-7H,2,8H2,1,3H3. The molecule has 0 aliphatic heterocycles. The summed E-state index contributed by atoms with van der Waals surface area (Å²) in [5, 5.41) is 0. The lowest BCUT2D eigenvalue weighted by Gasteiger charge is -2.07. The zero-order chi connectivity index (χ0) is 10.6. The number of hydrogen-bond acceptors (Lipinski definition) is 2. The molecule has 0 radical (unpaired) electrons. The number of rotatable bonds is 3. The van der Waals surface area contributed by atoms with Gasteiger partial charge in [0, 0.05) is 0 Å². The second-order valence-corrected chi connectivity index (χ2v) is 3.17. The molecule has 0 aliphatic rings. The predicted molar refractivity (Wildman–Crippen MR) is 56.8 cm³/mol. The van der Waals surface area contributed by atoms with Crippen molar-refractivity contribution in [3.05, 3.63) is 42.0 Å². The quantitative estimate of drug-likeness (QED) is 0.685. The van der Waals surface area contributed by atoms with Gasteiger partial charge in [-0.1, -0.05) is 30.8 Å². The summed E-state index contributed by atoms with van der Waals surface area (Å²) in [6, 6.07) is 7.85. The van der Waals surface area contributed by atoms with Crippen molar-refractivity contribution in [2.45, 2.75) is 13.3 Å². The van der Waals surface area contributed by atoms with Gasteiger partial charge in [0.2, 0.25) is 0 Å². The highest BCUT2D eigenvalue weighted by Crippen LogP contribution is 2.19. The number of hydrogen-bond donors (Lipinski definition) is 0. The highest BCUT2D eigenvalue weighted by Gasteiger charge is 2.07. The molecule has 2 heteroatoms. The molecule has 0 unspecified atom stereocenters. The summed E-state index contributed by atoms with van der Waals surface area (Å²) in [4.78, 5) is 11.0. The van der Waals surface area contributed by atoms with Crippen molar-refractivity contribution < 1.29 is 9.53 Å². The van der Waals surface area contributed by atoms with Gasteiger partial charge in [-0.3, -0.25) is 4.79 Å². The van der Waals surface area contributed by atoms with Gasteiger partial charge >= 0.3 is 5.97 Å². The molecular formula is C12H14O2. The summed E-state index contributed by atoms with van der Waals surface area (Å²) in [5.41, 5.74) is 2.95. The summed E-state index contributed by atoms with van der Waals surface area (Å²) >= 11 is 0. The van der Waals surface area contributed by atoms with E-state index in [9.17, 15) is 4.79 Å². The Bertz CT molecular complexity index is 353. The summed E-state index contributed by atoms with van der Waals surface area (Å²) in [6.45, 7) is 5.87. The molecule has 0 bridgehead atoms. The third kappa shape index (κ3) is 2.46. The topological polar surface area (TPSA) is 26.3 Å². The number of carbonyl (C=O) groups excluding carboxylic acids is 1. The van der Waals surface area contributed by atoms with Gasteiger partial charge in [0.1, 0.15) is 0 Å². The Labute approximate surface area is 84.2 Å². The third-order valence-corrected chi connectivity index (χ3v) is 2.11. The summed E-state index contributed by atoms with van der Waals surface area (Å²) < 4.78 is 4.58. The van der Waals surface area contributed by atoms with Crippen LogP contribution in [0.2, 0.25) is 0 Å². The van der Waals surface area contributed by atoms with Crippen molar-refractivity contribution in [3.63, 3.8) is 0 Å². The van der Waals surface area contributed by atoms with E-state index in [0.717, 1.165) is 16.7 Å². The number of benzene rings is 1. The molecule has 0 atom stereocenters. The minimum atomic E-state index is -0.252. The number of methoxy groups -OCH3 is 1. The van der Waals surface area contributed by atoms with Gasteiger partial charge in [-0.15, -0.1) is 0 Å². The number of esters is 1. The van der Waals surface area contributed by atoms with Crippen molar-refractivity contribution in [1.29, 1.82) is 0 Å². The first kappa shape index (κ1) is 10.5. The monoisotopic (exact) mass is 190 g/mol. The molecule has 74 valence electrons. The van der Waals surface area contributed by atoms with Crippen LogP contribution < -0.4 is 0 Å². The van der Waals surface area contributed by atoms with E-state index >= 15 is 0 Å².